The number of nitrogens with zero attached hydrogens (tertiary/aromatic N) is 2. The topological polar surface area (TPSA) is 21.3 Å². The summed E-state index contributed by atoms with van der Waals surface area (Å²) in [5.41, 5.74) is 17.5. The summed E-state index contributed by atoms with van der Waals surface area (Å²) in [5, 5.41) is 10.2. The lowest BCUT2D eigenvalue weighted by atomic mass is 9.44. The average Bonchev–Trinajstić information content (AvgIpc) is 4.02. The second-order valence-corrected chi connectivity index (χ2v) is 22.3. The first-order valence-corrected chi connectivity index (χ1v) is 23.8. The molecule has 0 saturated heterocycles. The van der Waals surface area contributed by atoms with Gasteiger partial charge in [0.15, 0.2) is 0 Å². The predicted octanol–water partition coefficient (Wildman–Crippen LogP) is 15.6. The zero-order chi connectivity index (χ0) is 42.4. The van der Waals surface area contributed by atoms with E-state index >= 15 is 0 Å². The largest absolute Gasteiger partial charge is 0.456 e. The van der Waals surface area contributed by atoms with Gasteiger partial charge in [-0.1, -0.05) is 108 Å². The minimum Gasteiger partial charge on any atom is -0.456 e. The maximum absolute atomic E-state index is 6.64. The fraction of sp³-hybridized carbons (Fsp3) is 0.158. The van der Waals surface area contributed by atoms with Crippen LogP contribution >= 0.6 is 22.7 Å². The predicted molar refractivity (Wildman–Crippen MR) is 275 cm³/mol. The summed E-state index contributed by atoms with van der Waals surface area (Å²) in [6.45, 7) is 16.1. The van der Waals surface area contributed by atoms with Gasteiger partial charge >= 0.3 is 6.85 Å². The molecular formula is C57H43BN2OS2. The number of hydrogen-bond donors (Lipinski definition) is 0. The van der Waals surface area contributed by atoms with E-state index in [4.69, 9.17) is 4.42 Å². The second kappa shape index (κ2) is 12.0. The van der Waals surface area contributed by atoms with Crippen LogP contribution in [0.5, 0.6) is 0 Å². The Labute approximate surface area is 373 Å². The Morgan fingerprint density at radius 1 is 0.508 bits per heavy atom. The number of para-hydroxylation sites is 1. The average molecular weight is 847 g/mol. The Hall–Kier alpha value is -6.34. The molecule has 0 N–H and O–H groups in total. The number of furan rings is 1. The number of rotatable bonds is 1. The maximum atomic E-state index is 6.64. The lowest BCUT2D eigenvalue weighted by Crippen LogP contribution is -2.60. The zero-order valence-corrected chi connectivity index (χ0v) is 38.0. The van der Waals surface area contributed by atoms with Crippen molar-refractivity contribution in [1.29, 1.82) is 0 Å². The molecule has 6 heterocycles. The van der Waals surface area contributed by atoms with Crippen LogP contribution in [0.25, 0.3) is 101 Å². The number of hydrogen-bond acceptors (Lipinski definition) is 4. The molecule has 12 aromatic rings. The van der Waals surface area contributed by atoms with Gasteiger partial charge in [0.25, 0.3) is 0 Å². The summed E-state index contributed by atoms with van der Waals surface area (Å²) in [4.78, 5) is 2.70. The number of fused-ring (bicyclic) bond motifs is 17. The molecule has 302 valence electrons. The van der Waals surface area contributed by atoms with Crippen LogP contribution < -0.4 is 15.7 Å². The first-order chi connectivity index (χ1) is 30.4. The van der Waals surface area contributed by atoms with Crippen molar-refractivity contribution in [2.75, 3.05) is 4.81 Å². The highest BCUT2D eigenvalue weighted by molar-refractivity contribution is 7.26. The Morgan fingerprint density at radius 2 is 1.17 bits per heavy atom. The standard InChI is InChI=1S/C57H43BN2OS2/c1-30-22-41-37-27-51-39(36-21-18-32(57(5,6)7)23-50(36)63-51)25-45(37)60(33-19-16-31(17-20-33)56(2,3)4)58-43-28-52-40(35-13-9-11-15-49(35)62-52)26-46(43)59-44-29-48-38(34-12-8-10-14-47(34)61-48)24-42(44)53(30)55(59)54(41)58/h8-29H,1-7H3. The number of benzene rings is 8. The van der Waals surface area contributed by atoms with E-state index in [0.717, 1.165) is 21.9 Å². The third-order valence-corrected chi connectivity index (χ3v) is 16.6. The molecule has 0 amide bonds. The number of thiophene rings is 2. The van der Waals surface area contributed by atoms with Crippen molar-refractivity contribution < 1.29 is 4.42 Å². The van der Waals surface area contributed by atoms with Gasteiger partial charge in [-0.15, -0.1) is 22.7 Å². The van der Waals surface area contributed by atoms with Crippen molar-refractivity contribution in [1.82, 2.24) is 4.57 Å². The van der Waals surface area contributed by atoms with Gasteiger partial charge < -0.3 is 13.8 Å². The van der Waals surface area contributed by atoms with Crippen LogP contribution in [0, 0.1) is 6.92 Å². The van der Waals surface area contributed by atoms with E-state index in [1.807, 2.05) is 22.7 Å². The van der Waals surface area contributed by atoms with E-state index in [1.54, 1.807) is 0 Å². The van der Waals surface area contributed by atoms with E-state index in [1.165, 1.54) is 118 Å². The highest BCUT2D eigenvalue weighted by atomic mass is 32.1. The van der Waals surface area contributed by atoms with Crippen LogP contribution in [0.1, 0.15) is 58.2 Å². The van der Waals surface area contributed by atoms with Gasteiger partial charge in [0, 0.05) is 90.6 Å². The highest BCUT2D eigenvalue weighted by Gasteiger charge is 2.45. The first kappa shape index (κ1) is 36.2. The van der Waals surface area contributed by atoms with Crippen LogP contribution in [0.3, 0.4) is 0 Å². The van der Waals surface area contributed by atoms with Gasteiger partial charge in [-0.2, -0.15) is 0 Å². The van der Waals surface area contributed by atoms with Gasteiger partial charge in [-0.05, 0) is 112 Å². The molecule has 2 aliphatic heterocycles. The molecule has 3 nitrogen and oxygen atoms in total. The summed E-state index contributed by atoms with van der Waals surface area (Å²) in [7, 11) is 0. The van der Waals surface area contributed by atoms with Gasteiger partial charge in [0.05, 0.1) is 11.0 Å². The first-order valence-electron chi connectivity index (χ1n) is 22.2. The van der Waals surface area contributed by atoms with Crippen molar-refractivity contribution in [3.05, 3.63) is 150 Å². The molecule has 8 aromatic carbocycles. The molecule has 0 saturated carbocycles. The minimum atomic E-state index is -0.0730. The van der Waals surface area contributed by atoms with E-state index < -0.39 is 0 Å². The van der Waals surface area contributed by atoms with Crippen LogP contribution in [0.15, 0.2) is 138 Å². The van der Waals surface area contributed by atoms with Gasteiger partial charge in [0.2, 0.25) is 0 Å². The van der Waals surface area contributed by atoms with Crippen LogP contribution in [-0.4, -0.2) is 11.4 Å². The SMILES string of the molecule is Cc1cc2c3c4c1c1cc5c(cc1n4-c1cc4c(cc1B3N(c1ccc(C(C)(C)C)cc1)c1cc3c(cc1-2)sc1cc(C(C)(C)C)ccc13)sc1ccccc14)oc1ccccc15. The fourth-order valence-electron chi connectivity index (χ4n) is 11.3. The van der Waals surface area contributed by atoms with Crippen molar-refractivity contribution in [2.24, 2.45) is 0 Å². The van der Waals surface area contributed by atoms with E-state index in [9.17, 15) is 0 Å². The molecule has 0 fully saturated rings. The lowest BCUT2D eigenvalue weighted by molar-refractivity contribution is 0.590. The molecule has 4 aromatic heterocycles. The van der Waals surface area contributed by atoms with E-state index in [-0.39, 0.29) is 17.7 Å². The monoisotopic (exact) mass is 846 g/mol. The molecule has 2 aliphatic rings. The number of aromatic nitrogens is 1. The van der Waals surface area contributed by atoms with Crippen LogP contribution in [-0.2, 0) is 10.8 Å². The fourth-order valence-corrected chi connectivity index (χ4v) is 13.6. The highest BCUT2D eigenvalue weighted by Crippen LogP contribution is 2.51. The number of aryl methyl sites for hydroxylation is 1. The van der Waals surface area contributed by atoms with Crippen LogP contribution in [0.4, 0.5) is 11.4 Å². The van der Waals surface area contributed by atoms with Crippen LogP contribution in [0.2, 0.25) is 0 Å². The summed E-state index contributed by atoms with van der Waals surface area (Å²) in [5.74, 6) is 0. The molecule has 0 bridgehead atoms. The summed E-state index contributed by atoms with van der Waals surface area (Å²) in [6.07, 6.45) is 0. The van der Waals surface area contributed by atoms with E-state index in [2.05, 4.69) is 191 Å². The van der Waals surface area contributed by atoms with Crippen molar-refractivity contribution in [2.45, 2.75) is 59.3 Å². The van der Waals surface area contributed by atoms with Gasteiger partial charge in [-0.3, -0.25) is 0 Å². The zero-order valence-electron chi connectivity index (χ0n) is 36.4. The normalized spacial score (nSPS) is 13.9. The maximum Gasteiger partial charge on any atom is 0.333 e. The summed E-state index contributed by atoms with van der Waals surface area (Å²) < 4.78 is 14.6. The Balaban J connectivity index is 1.16. The summed E-state index contributed by atoms with van der Waals surface area (Å²) in [6, 6.07) is 51.4. The number of anilines is 2. The van der Waals surface area contributed by atoms with Crippen molar-refractivity contribution in [3.8, 4) is 16.8 Å². The minimum absolute atomic E-state index is 0.0396. The quantitative estimate of drug-likeness (QED) is 0.154. The third kappa shape index (κ3) is 4.80. The summed E-state index contributed by atoms with van der Waals surface area (Å²) >= 11 is 3.84. The molecule has 0 spiro atoms. The molecule has 14 rings (SSSR count). The van der Waals surface area contributed by atoms with E-state index in [0.29, 0.717) is 0 Å². The Kier molecular flexibility index (Phi) is 6.90. The van der Waals surface area contributed by atoms with Gasteiger partial charge in [-0.25, -0.2) is 0 Å². The molecule has 6 heteroatoms. The smallest absolute Gasteiger partial charge is 0.333 e. The van der Waals surface area contributed by atoms with Crippen molar-refractivity contribution in [3.63, 3.8) is 0 Å². The second-order valence-electron chi connectivity index (χ2n) is 20.2. The molecule has 0 aliphatic carbocycles. The molecule has 0 radical (unpaired) electrons. The third-order valence-electron chi connectivity index (χ3n) is 14.4. The van der Waals surface area contributed by atoms with Gasteiger partial charge in [0.1, 0.15) is 11.2 Å². The Bertz CT molecular complexity index is 4010. The molecular weight excluding hydrogens is 804 g/mol. The molecule has 63 heavy (non-hydrogen) atoms. The lowest BCUT2D eigenvalue weighted by Gasteiger charge is -2.42. The van der Waals surface area contributed by atoms with Crippen molar-refractivity contribution >= 4 is 136 Å². The Morgan fingerprint density at radius 3 is 1.97 bits per heavy atom. The molecule has 0 atom stereocenters. The molecule has 0 unspecified atom stereocenters.